The van der Waals surface area contributed by atoms with Gasteiger partial charge in [-0.15, -0.1) is 0 Å². The fraction of sp³-hybridized carbons (Fsp3) is 0.632. The van der Waals surface area contributed by atoms with E-state index in [1.165, 1.54) is 5.56 Å². The topological polar surface area (TPSA) is 47.9 Å². The fourth-order valence-electron chi connectivity index (χ4n) is 2.85. The number of nitrogens with zero attached hydrogens (tertiary/aromatic N) is 3. The minimum Gasteiger partial charge on any atom is -0.355 e. The van der Waals surface area contributed by atoms with E-state index in [0.29, 0.717) is 12.3 Å². The summed E-state index contributed by atoms with van der Waals surface area (Å²) in [6.45, 7) is 11.8. The van der Waals surface area contributed by atoms with E-state index in [2.05, 4.69) is 50.4 Å². The number of rotatable bonds is 5. The molecule has 0 spiro atoms. The SMILES string of the molecule is CN=C(NCCS(=O)C(C)(C)C)N1CCN(Cc2ccccc2)CC1. The van der Waals surface area contributed by atoms with Crippen LogP contribution < -0.4 is 5.32 Å². The Bertz CT molecular complexity index is 575. The molecule has 1 atom stereocenters. The third-order valence-corrected chi connectivity index (χ3v) is 6.33. The summed E-state index contributed by atoms with van der Waals surface area (Å²) in [5.74, 6) is 1.57. The second-order valence-corrected chi connectivity index (χ2v) is 9.71. The molecule has 1 aliphatic rings. The van der Waals surface area contributed by atoms with Gasteiger partial charge in [-0.25, -0.2) is 0 Å². The predicted molar refractivity (Wildman–Crippen MR) is 107 cm³/mol. The molecule has 1 unspecified atom stereocenters. The minimum atomic E-state index is -0.833. The lowest BCUT2D eigenvalue weighted by molar-refractivity contribution is 0.172. The van der Waals surface area contributed by atoms with E-state index in [0.717, 1.165) is 38.7 Å². The second-order valence-electron chi connectivity index (χ2n) is 7.38. The van der Waals surface area contributed by atoms with Gasteiger partial charge in [-0.3, -0.25) is 14.1 Å². The molecule has 0 saturated carbocycles. The average molecular weight is 365 g/mol. The van der Waals surface area contributed by atoms with Crippen molar-refractivity contribution in [2.45, 2.75) is 32.1 Å². The Morgan fingerprint density at radius 1 is 1.16 bits per heavy atom. The molecule has 1 aliphatic heterocycles. The summed E-state index contributed by atoms with van der Waals surface area (Å²) in [7, 11) is 0.986. The van der Waals surface area contributed by atoms with Gasteiger partial charge >= 0.3 is 0 Å². The van der Waals surface area contributed by atoms with Gasteiger partial charge in [-0.1, -0.05) is 30.3 Å². The van der Waals surface area contributed by atoms with Crippen molar-refractivity contribution >= 4 is 16.8 Å². The summed E-state index contributed by atoms with van der Waals surface area (Å²) in [6.07, 6.45) is 0. The van der Waals surface area contributed by atoms with Crippen LogP contribution in [0.3, 0.4) is 0 Å². The van der Waals surface area contributed by atoms with E-state index in [4.69, 9.17) is 0 Å². The zero-order valence-electron chi connectivity index (χ0n) is 16.0. The third kappa shape index (κ3) is 6.44. The van der Waals surface area contributed by atoms with Crippen molar-refractivity contribution in [1.82, 2.24) is 15.1 Å². The number of nitrogens with one attached hydrogen (secondary N) is 1. The van der Waals surface area contributed by atoms with Gasteiger partial charge in [0.25, 0.3) is 0 Å². The highest BCUT2D eigenvalue weighted by molar-refractivity contribution is 7.86. The Morgan fingerprint density at radius 2 is 1.80 bits per heavy atom. The highest BCUT2D eigenvalue weighted by Gasteiger charge is 2.21. The quantitative estimate of drug-likeness (QED) is 0.641. The normalized spacial score (nSPS) is 18.2. The Hall–Kier alpha value is -1.40. The van der Waals surface area contributed by atoms with Crippen molar-refractivity contribution in [3.05, 3.63) is 35.9 Å². The van der Waals surface area contributed by atoms with Crippen LogP contribution in [0.2, 0.25) is 0 Å². The van der Waals surface area contributed by atoms with Crippen molar-refractivity contribution in [3.63, 3.8) is 0 Å². The Labute approximate surface area is 155 Å². The summed E-state index contributed by atoms with van der Waals surface area (Å²) in [5.41, 5.74) is 1.36. The average Bonchev–Trinajstić information content (AvgIpc) is 2.59. The molecule has 1 heterocycles. The van der Waals surface area contributed by atoms with Gasteiger partial charge in [-0.05, 0) is 26.3 Å². The first-order valence-corrected chi connectivity index (χ1v) is 10.3. The molecule has 0 radical (unpaired) electrons. The maximum atomic E-state index is 12.1. The predicted octanol–water partition coefficient (Wildman–Crippen LogP) is 1.93. The Kier molecular flexibility index (Phi) is 7.44. The zero-order valence-corrected chi connectivity index (χ0v) is 16.8. The number of guanidine groups is 1. The molecule has 1 aromatic carbocycles. The number of hydrogen-bond acceptors (Lipinski definition) is 3. The highest BCUT2D eigenvalue weighted by atomic mass is 32.2. The van der Waals surface area contributed by atoms with Crippen LogP contribution >= 0.6 is 0 Å². The summed E-state index contributed by atoms with van der Waals surface area (Å²) >= 11 is 0. The van der Waals surface area contributed by atoms with Crippen molar-refractivity contribution in [3.8, 4) is 0 Å². The van der Waals surface area contributed by atoms with Gasteiger partial charge in [0, 0.05) is 67.6 Å². The molecule has 2 rings (SSSR count). The van der Waals surface area contributed by atoms with Crippen molar-refractivity contribution in [2.24, 2.45) is 4.99 Å². The van der Waals surface area contributed by atoms with Crippen LogP contribution in [0, 0.1) is 0 Å². The molecule has 140 valence electrons. The first kappa shape index (κ1) is 19.9. The smallest absolute Gasteiger partial charge is 0.193 e. The molecule has 1 fully saturated rings. The maximum Gasteiger partial charge on any atom is 0.193 e. The van der Waals surface area contributed by atoms with E-state index >= 15 is 0 Å². The number of hydrogen-bond donors (Lipinski definition) is 1. The van der Waals surface area contributed by atoms with Crippen LogP contribution in [-0.4, -0.2) is 70.2 Å². The molecule has 0 aromatic heterocycles. The minimum absolute atomic E-state index is 0.158. The van der Waals surface area contributed by atoms with Crippen molar-refractivity contribution in [2.75, 3.05) is 45.5 Å². The molecule has 25 heavy (non-hydrogen) atoms. The summed E-state index contributed by atoms with van der Waals surface area (Å²) in [6, 6.07) is 10.6. The molecule has 0 amide bonds. The third-order valence-electron chi connectivity index (χ3n) is 4.39. The summed E-state index contributed by atoms with van der Waals surface area (Å²) in [5, 5.41) is 3.37. The number of benzene rings is 1. The van der Waals surface area contributed by atoms with Crippen molar-refractivity contribution in [1.29, 1.82) is 0 Å². The lowest BCUT2D eigenvalue weighted by atomic mass is 10.2. The summed E-state index contributed by atoms with van der Waals surface area (Å²) < 4.78 is 12.0. The van der Waals surface area contributed by atoms with Gasteiger partial charge in [0.2, 0.25) is 0 Å². The zero-order chi connectivity index (χ0) is 18.3. The van der Waals surface area contributed by atoms with E-state index in [9.17, 15) is 4.21 Å². The van der Waals surface area contributed by atoms with Gasteiger partial charge < -0.3 is 10.2 Å². The first-order valence-electron chi connectivity index (χ1n) is 9.00. The van der Waals surface area contributed by atoms with Gasteiger partial charge in [0.05, 0.1) is 0 Å². The molecular weight excluding hydrogens is 332 g/mol. The Morgan fingerprint density at radius 3 is 2.36 bits per heavy atom. The molecule has 1 saturated heterocycles. The van der Waals surface area contributed by atoms with Crippen LogP contribution in [0.5, 0.6) is 0 Å². The number of piperazine rings is 1. The van der Waals surface area contributed by atoms with Crippen LogP contribution in [0.4, 0.5) is 0 Å². The fourth-order valence-corrected chi connectivity index (χ4v) is 3.75. The van der Waals surface area contributed by atoms with Gasteiger partial charge in [0.15, 0.2) is 5.96 Å². The van der Waals surface area contributed by atoms with Gasteiger partial charge in [0.1, 0.15) is 0 Å². The van der Waals surface area contributed by atoms with E-state index in [1.54, 1.807) is 0 Å². The molecule has 6 heteroatoms. The van der Waals surface area contributed by atoms with E-state index < -0.39 is 10.8 Å². The monoisotopic (exact) mass is 364 g/mol. The molecule has 0 aliphatic carbocycles. The maximum absolute atomic E-state index is 12.1. The number of aliphatic imine (C=N–C) groups is 1. The Balaban J connectivity index is 1.75. The van der Waals surface area contributed by atoms with Crippen LogP contribution in [0.1, 0.15) is 26.3 Å². The lowest BCUT2D eigenvalue weighted by Crippen LogP contribution is -2.52. The van der Waals surface area contributed by atoms with E-state index in [1.807, 2.05) is 27.8 Å². The summed E-state index contributed by atoms with van der Waals surface area (Å²) in [4.78, 5) is 9.17. The molecule has 5 nitrogen and oxygen atoms in total. The lowest BCUT2D eigenvalue weighted by Gasteiger charge is -2.36. The van der Waals surface area contributed by atoms with E-state index in [-0.39, 0.29) is 4.75 Å². The molecule has 1 N–H and O–H groups in total. The molecule has 0 bridgehead atoms. The van der Waals surface area contributed by atoms with Crippen LogP contribution in [0.15, 0.2) is 35.3 Å². The standard InChI is InChI=1S/C19H32N4OS/c1-19(2,3)25(24)15-10-21-18(20-4)23-13-11-22(12-14-23)16-17-8-6-5-7-9-17/h5-9H,10-16H2,1-4H3,(H,20,21). The molecular formula is C19H32N4OS. The second kappa shape index (κ2) is 9.34. The highest BCUT2D eigenvalue weighted by Crippen LogP contribution is 2.11. The van der Waals surface area contributed by atoms with Crippen LogP contribution in [0.25, 0.3) is 0 Å². The molecule has 1 aromatic rings. The largest absolute Gasteiger partial charge is 0.355 e. The van der Waals surface area contributed by atoms with Crippen LogP contribution in [-0.2, 0) is 17.3 Å². The van der Waals surface area contributed by atoms with Crippen molar-refractivity contribution < 1.29 is 4.21 Å². The first-order chi connectivity index (χ1) is 11.9. The van der Waals surface area contributed by atoms with Gasteiger partial charge in [-0.2, -0.15) is 0 Å².